The van der Waals surface area contributed by atoms with Crippen molar-refractivity contribution in [2.24, 2.45) is 0 Å². The quantitative estimate of drug-likeness (QED) is 0.180. The van der Waals surface area contributed by atoms with Gasteiger partial charge in [0.15, 0.2) is 13.9 Å². The van der Waals surface area contributed by atoms with E-state index in [-0.39, 0.29) is 0 Å². The predicted octanol–water partition coefficient (Wildman–Crippen LogP) is 8.39. The number of rotatable bonds is 3. The number of hydrogen-bond acceptors (Lipinski definition) is 2. The molecule has 3 heteroatoms. The summed E-state index contributed by atoms with van der Waals surface area (Å²) >= 11 is 0. The lowest BCUT2D eigenvalue weighted by molar-refractivity contribution is 1.13. The van der Waals surface area contributed by atoms with Crippen molar-refractivity contribution in [2.45, 2.75) is 6.42 Å². The highest BCUT2D eigenvalue weighted by Gasteiger charge is 2.53. The molecule has 0 amide bonds. The highest BCUT2D eigenvalue weighted by atomic mass is 28.3. The summed E-state index contributed by atoms with van der Waals surface area (Å²) < 4.78 is 0. The molecule has 7 aromatic carbocycles. The fourth-order valence-electron chi connectivity index (χ4n) is 9.03. The summed E-state index contributed by atoms with van der Waals surface area (Å²) in [5.74, 6) is 0.766. The molecular formula is C47H30N2Si. The van der Waals surface area contributed by atoms with Crippen molar-refractivity contribution in [3.05, 3.63) is 181 Å². The van der Waals surface area contributed by atoms with Crippen molar-refractivity contribution in [1.29, 1.82) is 0 Å². The van der Waals surface area contributed by atoms with Crippen LogP contribution in [0.1, 0.15) is 11.1 Å². The van der Waals surface area contributed by atoms with Crippen LogP contribution in [0.15, 0.2) is 170 Å². The van der Waals surface area contributed by atoms with Crippen LogP contribution in [0.4, 0.5) is 0 Å². The molecule has 0 unspecified atom stereocenters. The number of benzene rings is 7. The minimum absolute atomic E-state index is 0.766. The van der Waals surface area contributed by atoms with E-state index in [0.717, 1.165) is 34.8 Å². The summed E-state index contributed by atoms with van der Waals surface area (Å²) in [4.78, 5) is 10.7. The molecule has 1 aromatic heterocycles. The van der Waals surface area contributed by atoms with Crippen LogP contribution >= 0.6 is 0 Å². The van der Waals surface area contributed by atoms with Gasteiger partial charge in [0.2, 0.25) is 0 Å². The van der Waals surface area contributed by atoms with E-state index in [1.165, 1.54) is 70.8 Å². The number of aromatic nitrogens is 2. The molecule has 0 saturated carbocycles. The van der Waals surface area contributed by atoms with Crippen molar-refractivity contribution in [2.75, 3.05) is 0 Å². The molecule has 1 aliphatic carbocycles. The predicted molar refractivity (Wildman–Crippen MR) is 208 cm³/mol. The van der Waals surface area contributed by atoms with Crippen molar-refractivity contribution >= 4 is 28.8 Å². The van der Waals surface area contributed by atoms with Crippen LogP contribution in [-0.4, -0.2) is 18.0 Å². The number of hydrogen-bond donors (Lipinski definition) is 0. The van der Waals surface area contributed by atoms with E-state index in [4.69, 9.17) is 9.97 Å². The van der Waals surface area contributed by atoms with Crippen LogP contribution in [0, 0.1) is 0 Å². The Bertz CT molecular complexity index is 2630. The van der Waals surface area contributed by atoms with Gasteiger partial charge in [-0.1, -0.05) is 158 Å². The Labute approximate surface area is 292 Å². The van der Waals surface area contributed by atoms with E-state index in [1.54, 1.807) is 0 Å². The Morgan fingerprint density at radius 2 is 0.860 bits per heavy atom. The Kier molecular flexibility index (Phi) is 5.78. The maximum absolute atomic E-state index is 5.39. The molecule has 50 heavy (non-hydrogen) atoms. The third-order valence-corrected chi connectivity index (χ3v) is 16.1. The third-order valence-electron chi connectivity index (χ3n) is 11.1. The van der Waals surface area contributed by atoms with Crippen LogP contribution in [0.3, 0.4) is 0 Å². The van der Waals surface area contributed by atoms with Crippen molar-refractivity contribution in [1.82, 2.24) is 9.97 Å². The molecule has 0 bridgehead atoms. The molecule has 0 atom stereocenters. The van der Waals surface area contributed by atoms with Gasteiger partial charge >= 0.3 is 0 Å². The zero-order valence-corrected chi connectivity index (χ0v) is 28.3. The topological polar surface area (TPSA) is 25.8 Å². The monoisotopic (exact) mass is 650 g/mol. The maximum atomic E-state index is 5.39. The van der Waals surface area contributed by atoms with E-state index in [0.29, 0.717) is 0 Å². The average molecular weight is 651 g/mol. The largest absolute Gasteiger partial charge is 0.228 e. The molecule has 8 aromatic rings. The summed E-state index contributed by atoms with van der Waals surface area (Å²) in [7, 11) is -2.48. The molecule has 0 radical (unpaired) electrons. The second kappa shape index (κ2) is 10.4. The highest BCUT2D eigenvalue weighted by Crippen LogP contribution is 2.44. The van der Waals surface area contributed by atoms with Crippen LogP contribution in [0.2, 0.25) is 0 Å². The molecule has 0 fully saturated rings. The van der Waals surface area contributed by atoms with E-state index in [1.807, 2.05) is 0 Å². The second-order valence-electron chi connectivity index (χ2n) is 13.7. The van der Waals surface area contributed by atoms with Gasteiger partial charge in [-0.25, -0.2) is 9.97 Å². The number of fused-ring (bicyclic) bond motifs is 13. The summed E-state index contributed by atoms with van der Waals surface area (Å²) in [5.41, 5.74) is 15.9. The van der Waals surface area contributed by atoms with Gasteiger partial charge in [-0.05, 0) is 71.8 Å². The number of nitrogens with zero attached hydrogens (tertiary/aromatic N) is 2. The maximum Gasteiger partial charge on any atom is 0.182 e. The van der Waals surface area contributed by atoms with Crippen molar-refractivity contribution in [3.63, 3.8) is 0 Å². The summed E-state index contributed by atoms with van der Waals surface area (Å²) in [5, 5.41) is 5.96. The Morgan fingerprint density at radius 3 is 1.52 bits per heavy atom. The first-order chi connectivity index (χ1) is 24.8. The van der Waals surface area contributed by atoms with Crippen molar-refractivity contribution < 1.29 is 0 Å². The zero-order chi connectivity index (χ0) is 32.8. The minimum Gasteiger partial charge on any atom is -0.228 e. The van der Waals surface area contributed by atoms with Gasteiger partial charge in [0, 0.05) is 28.7 Å². The fraction of sp³-hybridized carbons (Fsp3) is 0.0213. The van der Waals surface area contributed by atoms with E-state index in [9.17, 15) is 0 Å². The Morgan fingerprint density at radius 1 is 0.360 bits per heavy atom. The first-order valence-corrected chi connectivity index (χ1v) is 19.4. The van der Waals surface area contributed by atoms with E-state index >= 15 is 0 Å². The SMILES string of the molecule is c1ccc(-c2ccc3c(c2)-c2nc(-c4ccccc4)nc(-c4ccc5c(c4)-c4ccccc4[Si]54c5ccccc5-c5ccccc54)c2C3)cc1. The molecule has 0 saturated heterocycles. The van der Waals surface area contributed by atoms with E-state index in [2.05, 4.69) is 170 Å². The summed E-state index contributed by atoms with van der Waals surface area (Å²) in [6.45, 7) is 0. The molecule has 0 N–H and O–H groups in total. The fourth-order valence-corrected chi connectivity index (χ4v) is 14.6. The molecule has 3 aliphatic rings. The lowest BCUT2D eigenvalue weighted by Crippen LogP contribution is -2.70. The lowest BCUT2D eigenvalue weighted by Gasteiger charge is -2.27. The molecular weight excluding hydrogens is 621 g/mol. The Balaban J connectivity index is 1.15. The van der Waals surface area contributed by atoms with Crippen molar-refractivity contribution in [3.8, 4) is 67.3 Å². The van der Waals surface area contributed by atoms with Gasteiger partial charge in [-0.2, -0.15) is 0 Å². The molecule has 1 spiro atoms. The van der Waals surface area contributed by atoms with Gasteiger partial charge in [-0.15, -0.1) is 0 Å². The normalized spacial score (nSPS) is 13.7. The Hall–Kier alpha value is -6.16. The highest BCUT2D eigenvalue weighted by molar-refractivity contribution is 7.24. The second-order valence-corrected chi connectivity index (χ2v) is 17.3. The van der Waals surface area contributed by atoms with Gasteiger partial charge < -0.3 is 0 Å². The third kappa shape index (κ3) is 3.73. The minimum atomic E-state index is -2.48. The van der Waals surface area contributed by atoms with Crippen LogP contribution in [-0.2, 0) is 6.42 Å². The molecule has 2 aliphatic heterocycles. The first-order valence-electron chi connectivity index (χ1n) is 17.4. The average Bonchev–Trinajstić information content (AvgIpc) is 3.82. The zero-order valence-electron chi connectivity index (χ0n) is 27.3. The summed E-state index contributed by atoms with van der Waals surface area (Å²) in [6.07, 6.45) is 0.817. The van der Waals surface area contributed by atoms with Gasteiger partial charge in [0.05, 0.1) is 11.4 Å². The molecule has 2 nitrogen and oxygen atoms in total. The summed E-state index contributed by atoms with van der Waals surface area (Å²) in [6, 6.07) is 62.6. The standard InChI is InChI=1S/C47H30N2Si/c1-3-13-30(14-4-1)32-23-24-33-28-40-45(48-47(31-15-5-2-6-16-31)49-46(40)38(33)27-32)34-25-26-44-39(29-34)37-19-9-12-22-43(37)50(44)41-20-10-7-17-35(41)36-18-8-11-21-42(36)50/h1-27,29H,28H2. The molecule has 11 rings (SSSR count). The van der Waals surface area contributed by atoms with Crippen LogP contribution in [0.25, 0.3) is 67.3 Å². The lowest BCUT2D eigenvalue weighted by atomic mass is 9.98. The van der Waals surface area contributed by atoms with Gasteiger partial charge in [0.1, 0.15) is 0 Å². The van der Waals surface area contributed by atoms with Crippen LogP contribution < -0.4 is 20.7 Å². The van der Waals surface area contributed by atoms with Gasteiger partial charge in [0.25, 0.3) is 0 Å². The molecule has 3 heterocycles. The van der Waals surface area contributed by atoms with E-state index < -0.39 is 8.07 Å². The first kappa shape index (κ1) is 27.8. The molecule has 232 valence electrons. The smallest absolute Gasteiger partial charge is 0.182 e. The van der Waals surface area contributed by atoms with Gasteiger partial charge in [-0.3, -0.25) is 0 Å². The van der Waals surface area contributed by atoms with Crippen LogP contribution in [0.5, 0.6) is 0 Å².